The van der Waals surface area contributed by atoms with Crippen LogP contribution in [0.25, 0.3) is 72.0 Å². The minimum Gasteiger partial charge on any atom is -0.309 e. The summed E-state index contributed by atoms with van der Waals surface area (Å²) >= 11 is 0. The van der Waals surface area contributed by atoms with E-state index >= 15 is 0 Å². The lowest BCUT2D eigenvalue weighted by Gasteiger charge is -2.28. The number of hydrogen-bond donors (Lipinski definition) is 0. The van der Waals surface area contributed by atoms with Gasteiger partial charge in [0.2, 0.25) is 6.71 Å². The summed E-state index contributed by atoms with van der Waals surface area (Å²) in [4.78, 5) is 0. The van der Waals surface area contributed by atoms with Gasteiger partial charge in [0.05, 0.1) is 11.0 Å². The van der Waals surface area contributed by atoms with Crippen LogP contribution in [-0.4, -0.2) is 19.4 Å². The fourth-order valence-corrected chi connectivity index (χ4v) is 18.9. The van der Waals surface area contributed by atoms with Crippen LogP contribution in [-0.2, 0) is 0 Å². The van der Waals surface area contributed by atoms with Crippen LogP contribution >= 0.6 is 0 Å². The van der Waals surface area contributed by atoms with E-state index in [2.05, 4.69) is 252 Å². The molecule has 1 atom stereocenters. The number of fused-ring (bicyclic) bond motifs is 13. The largest absolute Gasteiger partial charge is 0.309 e. The van der Waals surface area contributed by atoms with Gasteiger partial charge in [0.15, 0.2) is 8.07 Å². The van der Waals surface area contributed by atoms with Gasteiger partial charge in [-0.15, -0.1) is 0 Å². The summed E-state index contributed by atoms with van der Waals surface area (Å²) in [6.45, 7) is 13.7. The molecular weight excluding hydrogens is 846 g/mol. The molecule has 13 rings (SSSR count). The zero-order valence-electron chi connectivity index (χ0n) is 40.2. The van der Waals surface area contributed by atoms with Crippen molar-refractivity contribution in [2.75, 3.05) is 0 Å². The van der Waals surface area contributed by atoms with Gasteiger partial charge in [-0.05, 0) is 131 Å². The van der Waals surface area contributed by atoms with Crippen LogP contribution in [0.4, 0.5) is 0 Å². The molecule has 69 heavy (non-hydrogen) atoms. The van der Waals surface area contributed by atoms with E-state index in [4.69, 9.17) is 0 Å². The maximum Gasteiger partial charge on any atom is 0.242 e. The molecule has 0 aliphatic carbocycles. The Morgan fingerprint density at radius 1 is 0.348 bits per heavy atom. The Kier molecular flexibility index (Phi) is 9.42. The Balaban J connectivity index is 0.994. The van der Waals surface area contributed by atoms with Crippen LogP contribution in [0.5, 0.6) is 0 Å². The van der Waals surface area contributed by atoms with Crippen LogP contribution in [0.15, 0.2) is 206 Å². The molecule has 0 N–H and O–H groups in total. The molecule has 3 heteroatoms. The lowest BCUT2D eigenvalue weighted by atomic mass is 9.34. The second-order valence-corrected chi connectivity index (χ2v) is 23.6. The van der Waals surface area contributed by atoms with E-state index in [0.717, 1.165) is 0 Å². The van der Waals surface area contributed by atoms with Crippen LogP contribution in [0, 0.1) is 41.5 Å². The van der Waals surface area contributed by atoms with Crippen LogP contribution in [0.2, 0.25) is 0 Å². The Bertz CT molecular complexity index is 3800. The van der Waals surface area contributed by atoms with Crippen molar-refractivity contribution in [3.05, 3.63) is 240 Å². The molecule has 0 saturated carbocycles. The molecule has 3 heterocycles. The molecule has 2 aliphatic heterocycles. The average Bonchev–Trinajstić information content (AvgIpc) is 3.97. The molecule has 1 aromatic heterocycles. The first-order chi connectivity index (χ1) is 33.7. The standard InChI is InChI=1S/C66H52BNSi/c1-41-35-43(3)65(44(4)36-41)67(66-45(5)37-42(2)38-46(66)6)50-31-27-47(28-32-50)48-29-33-55-53-19-11-14-25-60(53)69(62(55)39-48)61-26-15-12-20-54(61)56-34-30-49(40-63(56)69)52-22-16-24-59-64(52)57-21-10-13-23-58(57)68(59)51-17-8-7-9-18-51/h7-40H,1-6H3. The minimum absolute atomic E-state index is 0.131. The number of aromatic nitrogens is 1. The van der Waals surface area contributed by atoms with Crippen LogP contribution in [0.3, 0.4) is 0 Å². The van der Waals surface area contributed by atoms with E-state index in [1.165, 1.54) is 143 Å². The summed E-state index contributed by atoms with van der Waals surface area (Å²) in [5.74, 6) is 0. The van der Waals surface area contributed by atoms with Crippen molar-refractivity contribution < 1.29 is 0 Å². The first-order valence-corrected chi connectivity index (χ1v) is 26.5. The van der Waals surface area contributed by atoms with Crippen molar-refractivity contribution >= 4 is 73.7 Å². The summed E-state index contributed by atoms with van der Waals surface area (Å²) in [6.07, 6.45) is 0. The second-order valence-electron chi connectivity index (χ2n) is 19.9. The smallest absolute Gasteiger partial charge is 0.242 e. The van der Waals surface area contributed by atoms with Gasteiger partial charge in [-0.3, -0.25) is 0 Å². The second kappa shape index (κ2) is 15.7. The molecular formula is C66H52BNSi. The summed E-state index contributed by atoms with van der Waals surface area (Å²) in [7, 11) is -2.81. The quantitative estimate of drug-likeness (QED) is 0.147. The highest BCUT2D eigenvalue weighted by Crippen LogP contribution is 2.42. The van der Waals surface area contributed by atoms with E-state index in [1.54, 1.807) is 0 Å². The van der Waals surface area contributed by atoms with Crippen molar-refractivity contribution in [1.29, 1.82) is 0 Å². The first kappa shape index (κ1) is 41.5. The van der Waals surface area contributed by atoms with E-state index in [9.17, 15) is 0 Å². The molecule has 0 bridgehead atoms. The number of hydrogen-bond acceptors (Lipinski definition) is 0. The van der Waals surface area contributed by atoms with Gasteiger partial charge >= 0.3 is 0 Å². The first-order valence-electron chi connectivity index (χ1n) is 24.5. The number of rotatable bonds is 6. The lowest BCUT2D eigenvalue weighted by molar-refractivity contribution is 1.18. The van der Waals surface area contributed by atoms with E-state index in [1.807, 2.05) is 0 Å². The Labute approximate surface area is 407 Å². The summed E-state index contributed by atoms with van der Waals surface area (Å²) in [5.41, 5.74) is 26.4. The molecule has 10 aromatic carbocycles. The molecule has 1 spiro atoms. The molecule has 1 unspecified atom stereocenters. The maximum absolute atomic E-state index is 2.81. The Morgan fingerprint density at radius 2 is 0.812 bits per heavy atom. The zero-order valence-corrected chi connectivity index (χ0v) is 41.2. The molecule has 0 fully saturated rings. The van der Waals surface area contributed by atoms with Crippen molar-refractivity contribution in [3.63, 3.8) is 0 Å². The molecule has 328 valence electrons. The summed E-state index contributed by atoms with van der Waals surface area (Å²) in [5, 5.41) is 8.52. The topological polar surface area (TPSA) is 4.93 Å². The van der Waals surface area contributed by atoms with Gasteiger partial charge < -0.3 is 4.57 Å². The highest BCUT2D eigenvalue weighted by atomic mass is 28.3. The highest BCUT2D eigenvalue weighted by molar-refractivity contribution is 7.24. The van der Waals surface area contributed by atoms with Gasteiger partial charge in [-0.25, -0.2) is 0 Å². The number of nitrogens with zero attached hydrogens (tertiary/aromatic N) is 1. The minimum atomic E-state index is -2.81. The maximum atomic E-state index is 2.60. The summed E-state index contributed by atoms with van der Waals surface area (Å²) < 4.78 is 2.43. The fourth-order valence-electron chi connectivity index (χ4n) is 13.2. The number of para-hydroxylation sites is 2. The van der Waals surface area contributed by atoms with Gasteiger partial charge in [0.25, 0.3) is 0 Å². The van der Waals surface area contributed by atoms with Gasteiger partial charge in [0, 0.05) is 16.5 Å². The zero-order chi connectivity index (χ0) is 46.7. The van der Waals surface area contributed by atoms with Crippen LogP contribution in [0.1, 0.15) is 33.4 Å². The van der Waals surface area contributed by atoms with Gasteiger partial charge in [-0.2, -0.15) is 0 Å². The molecule has 0 amide bonds. The van der Waals surface area contributed by atoms with E-state index in [-0.39, 0.29) is 6.71 Å². The normalized spacial score (nSPS) is 14.3. The van der Waals surface area contributed by atoms with Crippen molar-refractivity contribution in [1.82, 2.24) is 4.57 Å². The van der Waals surface area contributed by atoms with Crippen LogP contribution < -0.4 is 37.1 Å². The Hall–Kier alpha value is -7.72. The average molecular weight is 898 g/mol. The predicted molar refractivity (Wildman–Crippen MR) is 299 cm³/mol. The molecule has 0 radical (unpaired) electrons. The number of benzene rings is 10. The van der Waals surface area contributed by atoms with E-state index < -0.39 is 8.07 Å². The van der Waals surface area contributed by atoms with E-state index in [0.29, 0.717) is 0 Å². The monoisotopic (exact) mass is 897 g/mol. The molecule has 0 saturated heterocycles. The fraction of sp³-hybridized carbons (Fsp3) is 0.0909. The van der Waals surface area contributed by atoms with Gasteiger partial charge in [0.1, 0.15) is 0 Å². The third-order valence-electron chi connectivity index (χ3n) is 15.7. The van der Waals surface area contributed by atoms with Gasteiger partial charge in [-0.1, -0.05) is 232 Å². The van der Waals surface area contributed by atoms with Crippen molar-refractivity contribution in [2.24, 2.45) is 0 Å². The summed E-state index contributed by atoms with van der Waals surface area (Å²) in [6, 6.07) is 79.1. The molecule has 2 aliphatic rings. The SMILES string of the molecule is Cc1cc(C)c(B(c2ccc(-c3ccc4c(c3)[Si]3(c5ccccc5-4)c4ccccc4-c4ccc(-c5cccc6c5c5ccccc5n6-c5ccccc5)cc43)cc2)c2c(C)cc(C)cc2C)c(C)c1. The molecule has 1 nitrogen and oxygen atoms in total. The van der Waals surface area contributed by atoms with Crippen molar-refractivity contribution in [3.8, 4) is 50.2 Å². The number of aryl methyl sites for hydroxylation is 6. The third kappa shape index (κ3) is 6.10. The Morgan fingerprint density at radius 3 is 1.42 bits per heavy atom. The predicted octanol–water partition coefficient (Wildman–Crippen LogP) is 11.8. The highest BCUT2D eigenvalue weighted by Gasteiger charge is 2.54. The lowest BCUT2D eigenvalue weighted by Crippen LogP contribution is -2.70. The van der Waals surface area contributed by atoms with Crippen molar-refractivity contribution in [2.45, 2.75) is 41.5 Å². The third-order valence-corrected chi connectivity index (χ3v) is 20.7. The molecule has 11 aromatic rings.